The van der Waals surface area contributed by atoms with Crippen molar-refractivity contribution in [2.24, 2.45) is 0 Å². The molecule has 97 valence electrons. The van der Waals surface area contributed by atoms with Gasteiger partial charge in [0.05, 0.1) is 0 Å². The Bertz CT molecular complexity index is 447. The van der Waals surface area contributed by atoms with Gasteiger partial charge in [0.1, 0.15) is 0 Å². The maximum Gasteiger partial charge on any atom is 0 e. The summed E-state index contributed by atoms with van der Waals surface area (Å²) in [5.74, 6) is 0. The summed E-state index contributed by atoms with van der Waals surface area (Å²) in [5.41, 5.74) is 0. The van der Waals surface area contributed by atoms with Gasteiger partial charge in [-0.25, -0.2) is 0 Å². The van der Waals surface area contributed by atoms with Gasteiger partial charge in [0, 0.05) is 16.8 Å². The van der Waals surface area contributed by atoms with Crippen molar-refractivity contribution in [3.63, 3.8) is 0 Å². The molecule has 2 aromatic rings. The summed E-state index contributed by atoms with van der Waals surface area (Å²) in [6.45, 7) is 0. The van der Waals surface area contributed by atoms with E-state index in [0.717, 1.165) is 0 Å². The molecule has 0 amide bonds. The Kier molecular flexibility index (Phi) is 7.31. The van der Waals surface area contributed by atoms with Gasteiger partial charge in [-0.3, -0.25) is 0 Å². The van der Waals surface area contributed by atoms with Crippen LogP contribution in [0.25, 0.3) is 10.8 Å². The maximum atomic E-state index is 2.23. The van der Waals surface area contributed by atoms with Gasteiger partial charge >= 0.3 is 0 Å². The van der Waals surface area contributed by atoms with Gasteiger partial charge in [-0.2, -0.15) is 17.5 Å². The number of allylic oxidation sites excluding steroid dienone is 4. The summed E-state index contributed by atoms with van der Waals surface area (Å²) < 4.78 is 0. The number of benzene rings is 1. The minimum atomic E-state index is 0. The Labute approximate surface area is 120 Å². The van der Waals surface area contributed by atoms with Crippen molar-refractivity contribution >= 4 is 10.8 Å². The molecular formula is C17H19Co-. The van der Waals surface area contributed by atoms with Gasteiger partial charge in [0.25, 0.3) is 0 Å². The van der Waals surface area contributed by atoms with Crippen LogP contribution in [-0.4, -0.2) is 0 Å². The van der Waals surface area contributed by atoms with Crippen molar-refractivity contribution in [3.05, 3.63) is 66.8 Å². The molecule has 3 rings (SSSR count). The van der Waals surface area contributed by atoms with Gasteiger partial charge in [-0.15, -0.1) is 29.7 Å². The molecule has 18 heavy (non-hydrogen) atoms. The third kappa shape index (κ3) is 4.99. The Morgan fingerprint density at radius 2 is 1.50 bits per heavy atom. The zero-order chi connectivity index (χ0) is 11.8. The molecule has 0 aliphatic heterocycles. The van der Waals surface area contributed by atoms with Gasteiger partial charge < -0.3 is 0 Å². The largest absolute Gasteiger partial charge is 0.168 e. The van der Waals surface area contributed by atoms with Crippen LogP contribution in [0.5, 0.6) is 0 Å². The second-order valence-electron chi connectivity index (χ2n) is 4.30. The fourth-order valence-electron chi connectivity index (χ4n) is 1.94. The van der Waals surface area contributed by atoms with E-state index in [4.69, 9.17) is 0 Å². The van der Waals surface area contributed by atoms with E-state index in [0.29, 0.717) is 0 Å². The van der Waals surface area contributed by atoms with E-state index < -0.39 is 0 Å². The molecule has 0 spiro atoms. The van der Waals surface area contributed by atoms with Crippen LogP contribution in [0.15, 0.2) is 66.8 Å². The number of hydrogen-bond donors (Lipinski definition) is 0. The Balaban J connectivity index is 0.000000172. The fourth-order valence-corrected chi connectivity index (χ4v) is 1.94. The zero-order valence-electron chi connectivity index (χ0n) is 10.5. The molecule has 0 saturated heterocycles. The second-order valence-corrected chi connectivity index (χ2v) is 4.30. The average molecular weight is 282 g/mol. The second kappa shape index (κ2) is 8.84. The molecule has 2 aromatic carbocycles. The minimum Gasteiger partial charge on any atom is -0.168 e. The van der Waals surface area contributed by atoms with Crippen molar-refractivity contribution in [3.8, 4) is 0 Å². The Morgan fingerprint density at radius 3 is 2.17 bits per heavy atom. The summed E-state index contributed by atoms with van der Waals surface area (Å²) in [5, 5.41) is 2.66. The van der Waals surface area contributed by atoms with E-state index in [1.807, 2.05) is 0 Å². The normalized spacial score (nSPS) is 14.0. The molecule has 0 nitrogen and oxygen atoms in total. The first-order valence-corrected chi connectivity index (χ1v) is 6.39. The molecule has 0 aromatic heterocycles. The molecule has 0 saturated carbocycles. The third-order valence-corrected chi connectivity index (χ3v) is 2.92. The summed E-state index contributed by atoms with van der Waals surface area (Å²) in [7, 11) is 0. The summed E-state index contributed by atoms with van der Waals surface area (Å²) in [6.07, 6.45) is 14.0. The van der Waals surface area contributed by atoms with E-state index in [-0.39, 0.29) is 16.8 Å². The van der Waals surface area contributed by atoms with Crippen LogP contribution in [-0.2, 0) is 16.8 Å². The topological polar surface area (TPSA) is 0 Å². The molecule has 0 heterocycles. The molecule has 0 fully saturated rings. The first-order valence-electron chi connectivity index (χ1n) is 6.39. The molecular weight excluding hydrogens is 263 g/mol. The number of hydrogen-bond acceptors (Lipinski definition) is 0. The zero-order valence-corrected chi connectivity index (χ0v) is 11.6. The fraction of sp³-hybridized carbons (Fsp3) is 0.235. The predicted molar refractivity (Wildman–Crippen MR) is 76.3 cm³/mol. The first-order chi connectivity index (χ1) is 8.47. The van der Waals surface area contributed by atoms with E-state index in [9.17, 15) is 0 Å². The van der Waals surface area contributed by atoms with Crippen LogP contribution in [0.4, 0.5) is 0 Å². The van der Waals surface area contributed by atoms with E-state index in [1.165, 1.54) is 36.5 Å². The number of fused-ring (bicyclic) bond motifs is 1. The third-order valence-electron chi connectivity index (χ3n) is 2.92. The van der Waals surface area contributed by atoms with Gasteiger partial charge in [0.2, 0.25) is 0 Å². The molecule has 1 radical (unpaired) electrons. The van der Waals surface area contributed by atoms with Crippen LogP contribution in [0.3, 0.4) is 0 Å². The van der Waals surface area contributed by atoms with E-state index >= 15 is 0 Å². The van der Waals surface area contributed by atoms with Crippen LogP contribution < -0.4 is 0 Å². The minimum absolute atomic E-state index is 0. The van der Waals surface area contributed by atoms with Crippen molar-refractivity contribution in [2.75, 3.05) is 0 Å². The molecule has 0 unspecified atom stereocenters. The quantitative estimate of drug-likeness (QED) is 0.580. The molecule has 1 aliphatic rings. The molecule has 0 N–H and O–H groups in total. The monoisotopic (exact) mass is 282 g/mol. The van der Waals surface area contributed by atoms with Crippen LogP contribution >= 0.6 is 0 Å². The standard InChI is InChI=1S/C9H7.C8H12.Co/c1-2-5-9-7-3-6-8(9)4-1;1-2-4-6-8-7-5-3-1;/h1-7H;1-4H,5-8H2;/q-1;;. The smallest absolute Gasteiger partial charge is 0 e. The first kappa shape index (κ1) is 14.9. The van der Waals surface area contributed by atoms with Crippen molar-refractivity contribution < 1.29 is 16.8 Å². The van der Waals surface area contributed by atoms with Gasteiger partial charge in [0.15, 0.2) is 0 Å². The Morgan fingerprint density at radius 1 is 0.833 bits per heavy atom. The Hall–Kier alpha value is -1.18. The van der Waals surface area contributed by atoms with E-state index in [2.05, 4.69) is 66.8 Å². The van der Waals surface area contributed by atoms with Crippen LogP contribution in [0.2, 0.25) is 0 Å². The molecule has 0 bridgehead atoms. The molecule has 1 heteroatoms. The maximum absolute atomic E-state index is 2.23. The average Bonchev–Trinajstić information content (AvgIpc) is 2.76. The van der Waals surface area contributed by atoms with Crippen LogP contribution in [0.1, 0.15) is 25.7 Å². The van der Waals surface area contributed by atoms with E-state index in [1.54, 1.807) is 0 Å². The van der Waals surface area contributed by atoms with Gasteiger partial charge in [-0.05, 0) is 25.7 Å². The van der Waals surface area contributed by atoms with Crippen LogP contribution in [0, 0.1) is 0 Å². The number of rotatable bonds is 0. The van der Waals surface area contributed by atoms with Crippen molar-refractivity contribution in [2.45, 2.75) is 25.7 Å². The van der Waals surface area contributed by atoms with Crippen molar-refractivity contribution in [1.82, 2.24) is 0 Å². The summed E-state index contributed by atoms with van der Waals surface area (Å²) >= 11 is 0. The predicted octanol–water partition coefficient (Wildman–Crippen LogP) is 5.23. The molecule has 1 aliphatic carbocycles. The SMILES string of the molecule is C1=CCCCCC=C1.[Co].c1ccc2[cH-]ccc2c1. The summed E-state index contributed by atoms with van der Waals surface area (Å²) in [6, 6.07) is 14.7. The van der Waals surface area contributed by atoms with Gasteiger partial charge in [-0.1, -0.05) is 30.4 Å². The van der Waals surface area contributed by atoms with Crippen molar-refractivity contribution in [1.29, 1.82) is 0 Å². The molecule has 0 atom stereocenters. The summed E-state index contributed by atoms with van der Waals surface area (Å²) in [4.78, 5) is 0.